The molecule has 3 aromatic rings. The fourth-order valence-electron chi connectivity index (χ4n) is 5.27. The molecule has 0 radical (unpaired) electrons. The molecular formula is C28H31N3O3. The number of fused-ring (bicyclic) bond motifs is 1. The second kappa shape index (κ2) is 8.76. The van der Waals surface area contributed by atoms with Crippen LogP contribution in [0.15, 0.2) is 66.7 Å². The molecule has 2 N–H and O–H groups in total. The third-order valence-corrected chi connectivity index (χ3v) is 7.33. The predicted molar refractivity (Wildman–Crippen MR) is 134 cm³/mol. The van der Waals surface area contributed by atoms with E-state index in [1.54, 1.807) is 11.8 Å². The lowest BCUT2D eigenvalue weighted by Crippen LogP contribution is -2.60. The first-order chi connectivity index (χ1) is 16.3. The van der Waals surface area contributed by atoms with E-state index >= 15 is 0 Å². The Morgan fingerprint density at radius 1 is 1.03 bits per heavy atom. The van der Waals surface area contributed by atoms with Crippen molar-refractivity contribution in [2.45, 2.75) is 32.4 Å². The highest BCUT2D eigenvalue weighted by molar-refractivity contribution is 5.96. The van der Waals surface area contributed by atoms with Gasteiger partial charge in [0, 0.05) is 49.5 Å². The molecule has 34 heavy (non-hydrogen) atoms. The number of carboxylic acids is 1. The number of aliphatic carboxylic acids is 1. The molecule has 0 aliphatic carbocycles. The van der Waals surface area contributed by atoms with Crippen molar-refractivity contribution in [3.8, 4) is 0 Å². The first-order valence-electron chi connectivity index (χ1n) is 12.0. The van der Waals surface area contributed by atoms with Crippen LogP contribution in [0.1, 0.15) is 42.2 Å². The van der Waals surface area contributed by atoms with Crippen molar-refractivity contribution in [2.24, 2.45) is 5.41 Å². The van der Waals surface area contributed by atoms with Crippen molar-refractivity contribution in [1.82, 2.24) is 10.2 Å². The molecule has 0 spiro atoms. The lowest BCUT2D eigenvalue weighted by Gasteiger charge is -2.44. The first-order valence-corrected chi connectivity index (χ1v) is 12.0. The summed E-state index contributed by atoms with van der Waals surface area (Å²) in [5.74, 6) is -0.950. The van der Waals surface area contributed by atoms with Crippen LogP contribution in [0, 0.1) is 5.41 Å². The summed E-state index contributed by atoms with van der Waals surface area (Å²) in [6.45, 7) is 6.33. The summed E-state index contributed by atoms with van der Waals surface area (Å²) < 4.78 is 0. The molecule has 1 unspecified atom stereocenters. The maximum atomic E-state index is 12.7. The van der Waals surface area contributed by atoms with E-state index < -0.39 is 11.4 Å². The molecule has 176 valence electrons. The Morgan fingerprint density at radius 3 is 2.47 bits per heavy atom. The van der Waals surface area contributed by atoms with E-state index in [0.717, 1.165) is 25.2 Å². The Balaban J connectivity index is 1.19. The summed E-state index contributed by atoms with van der Waals surface area (Å²) in [5, 5.41) is 15.6. The molecule has 2 aliphatic heterocycles. The third kappa shape index (κ3) is 4.14. The van der Waals surface area contributed by atoms with Gasteiger partial charge in [-0.05, 0) is 60.9 Å². The van der Waals surface area contributed by atoms with Gasteiger partial charge >= 0.3 is 5.97 Å². The minimum atomic E-state index is -0.848. The maximum Gasteiger partial charge on any atom is 0.312 e. The van der Waals surface area contributed by atoms with Crippen LogP contribution in [-0.4, -0.2) is 54.1 Å². The molecule has 0 aromatic heterocycles. The minimum absolute atomic E-state index is 0.102. The number of carbonyl (C=O) groups excluding carboxylic acids is 1. The number of anilines is 1. The number of hydrogen-bond donors (Lipinski definition) is 2. The van der Waals surface area contributed by atoms with Gasteiger partial charge in [-0.25, -0.2) is 0 Å². The van der Waals surface area contributed by atoms with Crippen LogP contribution in [0.4, 0.5) is 5.69 Å². The van der Waals surface area contributed by atoms with Crippen LogP contribution < -0.4 is 10.2 Å². The van der Waals surface area contributed by atoms with Crippen molar-refractivity contribution >= 4 is 28.3 Å². The van der Waals surface area contributed by atoms with Gasteiger partial charge in [0.15, 0.2) is 0 Å². The maximum absolute atomic E-state index is 12.7. The number of rotatable bonds is 6. The van der Waals surface area contributed by atoms with Crippen LogP contribution in [0.25, 0.3) is 10.8 Å². The number of carbonyl (C=O) groups is 2. The standard InChI is InChI=1S/C28H31N3O3/c1-19(24-9-5-7-20-6-3-4-8-25(20)24)29-22-14-15-30(16-22)23-12-10-21(11-13-23)26(32)31-17-28(2,18-31)27(33)34/h3-13,19,22,29H,14-18H2,1-2H3,(H,33,34)/t19?,22-/m0/s1. The Kier molecular flexibility index (Phi) is 5.78. The van der Waals surface area contributed by atoms with E-state index in [-0.39, 0.29) is 25.0 Å². The zero-order valence-corrected chi connectivity index (χ0v) is 19.7. The van der Waals surface area contributed by atoms with E-state index in [9.17, 15) is 14.7 Å². The van der Waals surface area contributed by atoms with Gasteiger partial charge in [-0.15, -0.1) is 0 Å². The van der Waals surface area contributed by atoms with Crippen LogP contribution in [0.3, 0.4) is 0 Å². The molecule has 0 bridgehead atoms. The largest absolute Gasteiger partial charge is 0.481 e. The molecule has 2 fully saturated rings. The van der Waals surface area contributed by atoms with Crippen LogP contribution >= 0.6 is 0 Å². The van der Waals surface area contributed by atoms with Gasteiger partial charge in [0.25, 0.3) is 5.91 Å². The molecule has 0 saturated carbocycles. The number of likely N-dealkylation sites (tertiary alicyclic amines) is 1. The number of benzene rings is 3. The lowest BCUT2D eigenvalue weighted by atomic mass is 9.81. The van der Waals surface area contributed by atoms with Crippen LogP contribution in [-0.2, 0) is 4.79 Å². The Morgan fingerprint density at radius 2 is 1.74 bits per heavy atom. The Labute approximate surface area is 200 Å². The van der Waals surface area contributed by atoms with Gasteiger partial charge in [-0.2, -0.15) is 0 Å². The predicted octanol–water partition coefficient (Wildman–Crippen LogP) is 4.32. The van der Waals surface area contributed by atoms with Gasteiger partial charge in [-0.3, -0.25) is 9.59 Å². The fraction of sp³-hybridized carbons (Fsp3) is 0.357. The van der Waals surface area contributed by atoms with E-state index in [1.165, 1.54) is 16.3 Å². The smallest absolute Gasteiger partial charge is 0.312 e. The number of amides is 1. The molecule has 2 aliphatic rings. The van der Waals surface area contributed by atoms with Crippen molar-refractivity contribution in [1.29, 1.82) is 0 Å². The highest BCUT2D eigenvalue weighted by Gasteiger charge is 2.47. The van der Waals surface area contributed by atoms with Crippen LogP contribution in [0.2, 0.25) is 0 Å². The highest BCUT2D eigenvalue weighted by Crippen LogP contribution is 2.32. The zero-order valence-electron chi connectivity index (χ0n) is 19.7. The second-order valence-electron chi connectivity index (χ2n) is 9.96. The Bertz CT molecular complexity index is 1210. The number of nitrogens with one attached hydrogen (secondary N) is 1. The van der Waals surface area contributed by atoms with E-state index in [2.05, 4.69) is 59.6 Å². The van der Waals surface area contributed by atoms with E-state index in [4.69, 9.17) is 0 Å². The third-order valence-electron chi connectivity index (χ3n) is 7.33. The highest BCUT2D eigenvalue weighted by atomic mass is 16.4. The molecule has 2 heterocycles. The van der Waals surface area contributed by atoms with Crippen molar-refractivity contribution in [3.05, 3.63) is 77.9 Å². The summed E-state index contributed by atoms with van der Waals surface area (Å²) in [4.78, 5) is 27.9. The molecule has 5 rings (SSSR count). The molecular weight excluding hydrogens is 426 g/mol. The molecule has 6 heteroatoms. The molecule has 3 aromatic carbocycles. The van der Waals surface area contributed by atoms with Crippen molar-refractivity contribution < 1.29 is 14.7 Å². The normalized spacial score (nSPS) is 20.2. The number of hydrogen-bond acceptors (Lipinski definition) is 4. The van der Waals surface area contributed by atoms with Gasteiger partial charge in [0.05, 0.1) is 0 Å². The summed E-state index contributed by atoms with van der Waals surface area (Å²) in [7, 11) is 0. The molecule has 2 saturated heterocycles. The number of nitrogens with zero attached hydrogens (tertiary/aromatic N) is 2. The summed E-state index contributed by atoms with van der Waals surface area (Å²) in [6, 6.07) is 23.4. The first kappa shape index (κ1) is 22.4. The second-order valence-corrected chi connectivity index (χ2v) is 9.96. The van der Waals surface area contributed by atoms with E-state index in [1.807, 2.05) is 24.3 Å². The fourth-order valence-corrected chi connectivity index (χ4v) is 5.27. The SMILES string of the molecule is CC(N[C@H]1CCN(c2ccc(C(=O)N3CC(C)(C(=O)O)C3)cc2)C1)c1cccc2ccccc12. The van der Waals surface area contributed by atoms with Gasteiger partial charge in [0.1, 0.15) is 5.41 Å². The topological polar surface area (TPSA) is 72.9 Å². The number of carboxylic acid groups (broad SMARTS) is 1. The summed E-state index contributed by atoms with van der Waals surface area (Å²) >= 11 is 0. The molecule has 1 amide bonds. The minimum Gasteiger partial charge on any atom is -0.481 e. The average Bonchev–Trinajstić information content (AvgIpc) is 3.29. The van der Waals surface area contributed by atoms with Crippen molar-refractivity contribution in [3.63, 3.8) is 0 Å². The van der Waals surface area contributed by atoms with Crippen LogP contribution in [0.5, 0.6) is 0 Å². The quantitative estimate of drug-likeness (QED) is 0.577. The summed E-state index contributed by atoms with van der Waals surface area (Å²) in [6.07, 6.45) is 1.07. The zero-order chi connectivity index (χ0) is 23.9. The molecule has 2 atom stereocenters. The Hall–Kier alpha value is -3.38. The summed E-state index contributed by atoms with van der Waals surface area (Å²) in [5.41, 5.74) is 2.22. The van der Waals surface area contributed by atoms with Gasteiger partial charge in [0.2, 0.25) is 0 Å². The molecule has 6 nitrogen and oxygen atoms in total. The van der Waals surface area contributed by atoms with Crippen molar-refractivity contribution in [2.75, 3.05) is 31.1 Å². The van der Waals surface area contributed by atoms with Gasteiger partial charge < -0.3 is 20.2 Å². The van der Waals surface area contributed by atoms with E-state index in [0.29, 0.717) is 11.6 Å². The average molecular weight is 458 g/mol. The monoisotopic (exact) mass is 457 g/mol. The lowest BCUT2D eigenvalue weighted by molar-refractivity contribution is -0.155. The van der Waals surface area contributed by atoms with Gasteiger partial charge in [-0.1, -0.05) is 42.5 Å².